The second kappa shape index (κ2) is 28.8. The number of hydrogen-bond donors (Lipinski definition) is 0. The Hall–Kier alpha value is -3.26. The zero-order chi connectivity index (χ0) is 56.2. The van der Waals surface area contributed by atoms with E-state index in [2.05, 4.69) is 197 Å². The first kappa shape index (κ1) is 60.8. The Kier molecular flexibility index (Phi) is 21.6. The SMILES string of the molecule is CCCCCCc1ccc(C2(c3ccc(CCCCCC)cc3)c3ccsc3-c3sc4c5c(sc4c32)-c2s[c]([Sn]([CH2]CCC)([CH2]CCC)[CH2]CCC)cc2C5(c2ccc(CCCCCC)cc2)c2ccc(CCCCCC)cc2)cc1. The molecule has 0 aliphatic heterocycles. The van der Waals surface area contributed by atoms with Crippen LogP contribution < -0.4 is 2.89 Å². The summed E-state index contributed by atoms with van der Waals surface area (Å²) in [5.41, 5.74) is 17.2. The van der Waals surface area contributed by atoms with E-state index >= 15 is 0 Å². The maximum atomic E-state index is 2.93. The molecule has 81 heavy (non-hydrogen) atoms. The van der Waals surface area contributed by atoms with Crippen LogP contribution in [0, 0.1) is 0 Å². The minimum atomic E-state index is -2.92. The van der Waals surface area contributed by atoms with Crippen LogP contribution in [-0.2, 0) is 36.5 Å². The number of aryl methyl sites for hydroxylation is 4. The number of rotatable bonds is 34. The number of unbranched alkanes of at least 4 members (excludes halogenated alkanes) is 15. The van der Waals surface area contributed by atoms with Crippen molar-refractivity contribution in [3.05, 3.63) is 181 Å². The van der Waals surface area contributed by atoms with Crippen molar-refractivity contribution in [2.24, 2.45) is 0 Å². The fraction of sp³-hybridized carbons (Fsp3) is 0.500. The summed E-state index contributed by atoms with van der Waals surface area (Å²) in [4.78, 5) is 6.19. The van der Waals surface area contributed by atoms with E-state index < -0.39 is 29.2 Å². The zero-order valence-corrected chi connectivity index (χ0v) is 57.2. The van der Waals surface area contributed by atoms with Gasteiger partial charge >= 0.3 is 412 Å². The van der Waals surface area contributed by atoms with Crippen molar-refractivity contribution in [3.8, 4) is 19.5 Å². The van der Waals surface area contributed by atoms with Crippen LogP contribution in [0.4, 0.5) is 0 Å². The van der Waals surface area contributed by atoms with Gasteiger partial charge in [-0.2, -0.15) is 0 Å². The Morgan fingerprint density at radius 1 is 0.321 bits per heavy atom. The normalized spacial score (nSPS) is 14.0. The third kappa shape index (κ3) is 12.2. The van der Waals surface area contributed by atoms with Crippen LogP contribution in [0.25, 0.3) is 28.9 Å². The molecule has 5 heteroatoms. The van der Waals surface area contributed by atoms with Crippen LogP contribution in [0.15, 0.2) is 115 Å². The molecule has 0 unspecified atom stereocenters. The summed E-state index contributed by atoms with van der Waals surface area (Å²) < 4.78 is 9.45. The quantitative estimate of drug-likeness (QED) is 0.0279. The Labute approximate surface area is 511 Å². The van der Waals surface area contributed by atoms with E-state index in [4.69, 9.17) is 0 Å². The van der Waals surface area contributed by atoms with Gasteiger partial charge in [0, 0.05) is 0 Å². The predicted molar refractivity (Wildman–Crippen MR) is 366 cm³/mol. The van der Waals surface area contributed by atoms with Gasteiger partial charge in [0.15, 0.2) is 0 Å². The molecule has 8 aromatic rings. The maximum absolute atomic E-state index is 2.93. The molecule has 10 rings (SSSR count). The standard InChI is InChI=1S/C64H71S4.3C4H9.Sn/c1-5-9-13-17-21-45-25-33-49(34-26-45)63(50-35-27-46(28-36-50)22-18-14-10-6-2)53-41-43-65-57(53)59-55(63)61-62(67-59)56-60(68-61)58-54(42-44-66-58)64(56,51-37-29-47(30-38-51)23-19-15-11-7-3)52-39-31-48(32-40-52)24-20-16-12-8-4;3*1-3-4-2;/h25-43H,5-24H2,1-4H3;3*1,3-4H2,2H3;. The van der Waals surface area contributed by atoms with Crippen LogP contribution in [0.3, 0.4) is 0 Å². The molecule has 2 aliphatic rings. The second-order valence-electron chi connectivity index (χ2n) is 24.9. The number of hydrogen-bond acceptors (Lipinski definition) is 4. The first-order valence-corrected chi connectivity index (χ1v) is 43.9. The second-order valence-corrected chi connectivity index (χ2v) is 43.1. The average molecular weight is 1260 g/mol. The molecule has 0 saturated heterocycles. The van der Waals surface area contributed by atoms with E-state index in [9.17, 15) is 0 Å². The topological polar surface area (TPSA) is 0 Å². The average Bonchev–Trinajstić information content (AvgIpc) is 2.00. The van der Waals surface area contributed by atoms with Gasteiger partial charge < -0.3 is 0 Å². The van der Waals surface area contributed by atoms with Crippen LogP contribution in [0.1, 0.15) is 256 Å². The molecule has 430 valence electrons. The van der Waals surface area contributed by atoms with Crippen molar-refractivity contribution in [2.45, 2.75) is 240 Å². The molecule has 4 aromatic carbocycles. The molecule has 0 spiro atoms. The van der Waals surface area contributed by atoms with Crippen LogP contribution in [0.5, 0.6) is 0 Å². The fourth-order valence-electron chi connectivity index (χ4n) is 14.6. The van der Waals surface area contributed by atoms with E-state index in [0.717, 1.165) is 25.7 Å². The predicted octanol–water partition coefficient (Wildman–Crippen LogP) is 24.4. The zero-order valence-electron chi connectivity index (χ0n) is 51.1. The molecule has 2 aliphatic carbocycles. The Morgan fingerprint density at radius 2 is 0.654 bits per heavy atom. The third-order valence-electron chi connectivity index (χ3n) is 19.3. The van der Waals surface area contributed by atoms with Gasteiger partial charge in [-0.05, 0) is 25.7 Å². The summed E-state index contributed by atoms with van der Waals surface area (Å²) >= 11 is 5.74. The molecular formula is C76H98S4Sn. The van der Waals surface area contributed by atoms with Crippen LogP contribution >= 0.6 is 45.3 Å². The van der Waals surface area contributed by atoms with E-state index in [0.29, 0.717) is 0 Å². The van der Waals surface area contributed by atoms with Gasteiger partial charge in [-0.15, -0.1) is 0 Å². The Bertz CT molecular complexity index is 3070. The van der Waals surface area contributed by atoms with Crippen molar-refractivity contribution >= 4 is 76.0 Å². The van der Waals surface area contributed by atoms with Gasteiger partial charge in [-0.3, -0.25) is 0 Å². The Morgan fingerprint density at radius 3 is 1.00 bits per heavy atom. The monoisotopic (exact) mass is 1260 g/mol. The molecule has 4 heterocycles. The van der Waals surface area contributed by atoms with Crippen LogP contribution in [-0.4, -0.2) is 18.4 Å². The van der Waals surface area contributed by atoms with Crippen molar-refractivity contribution in [1.29, 1.82) is 0 Å². The van der Waals surface area contributed by atoms with Gasteiger partial charge in [0.25, 0.3) is 0 Å². The summed E-state index contributed by atoms with van der Waals surface area (Å²) in [6, 6.07) is 46.4. The molecular weight excluding hydrogens is 1160 g/mol. The molecule has 0 N–H and O–H groups in total. The molecule has 0 nitrogen and oxygen atoms in total. The molecule has 0 saturated carbocycles. The van der Waals surface area contributed by atoms with Crippen molar-refractivity contribution in [3.63, 3.8) is 0 Å². The van der Waals surface area contributed by atoms with E-state index in [1.165, 1.54) is 214 Å². The van der Waals surface area contributed by atoms with Gasteiger partial charge in [-0.25, -0.2) is 0 Å². The molecule has 0 bridgehead atoms. The van der Waals surface area contributed by atoms with Gasteiger partial charge in [-0.1, -0.05) is 79.1 Å². The summed E-state index contributed by atoms with van der Waals surface area (Å²) in [6.45, 7) is 16.7. The summed E-state index contributed by atoms with van der Waals surface area (Å²) in [6.07, 6.45) is 33.4. The molecule has 0 fully saturated rings. The van der Waals surface area contributed by atoms with Crippen molar-refractivity contribution in [1.82, 2.24) is 0 Å². The summed E-state index contributed by atoms with van der Waals surface area (Å²) in [5.74, 6) is 0. The fourth-order valence-corrected chi connectivity index (χ4v) is 39.3. The van der Waals surface area contributed by atoms with E-state index in [1.807, 2.05) is 14.2 Å². The Balaban J connectivity index is 1.24. The van der Waals surface area contributed by atoms with E-state index in [1.54, 1.807) is 35.8 Å². The van der Waals surface area contributed by atoms with Crippen LogP contribution in [0.2, 0.25) is 13.3 Å². The van der Waals surface area contributed by atoms with Gasteiger partial charge in [0.05, 0.1) is 0 Å². The first-order chi connectivity index (χ1) is 39.9. The molecule has 4 aromatic heterocycles. The molecule has 0 amide bonds. The summed E-state index contributed by atoms with van der Waals surface area (Å²) in [5, 5.41) is 2.41. The number of fused-ring (bicyclic) bond motifs is 9. The minimum absolute atomic E-state index is 0.417. The summed E-state index contributed by atoms with van der Waals surface area (Å²) in [7, 11) is 0. The molecule has 0 radical (unpaired) electrons. The van der Waals surface area contributed by atoms with Crippen molar-refractivity contribution in [2.75, 3.05) is 0 Å². The van der Waals surface area contributed by atoms with E-state index in [-0.39, 0.29) is 0 Å². The van der Waals surface area contributed by atoms with Gasteiger partial charge in [0.1, 0.15) is 0 Å². The number of thiophene rings is 4. The van der Waals surface area contributed by atoms with Gasteiger partial charge in [0.2, 0.25) is 0 Å². The third-order valence-corrected chi connectivity index (χ3v) is 42.4. The number of benzene rings is 4. The van der Waals surface area contributed by atoms with Crippen molar-refractivity contribution < 1.29 is 0 Å². The first-order valence-electron chi connectivity index (χ1n) is 33.1. The molecule has 0 atom stereocenters.